The molecule has 0 saturated carbocycles. The van der Waals surface area contributed by atoms with Crippen LogP contribution < -0.4 is 5.32 Å². The molecule has 0 aliphatic carbocycles. The van der Waals surface area contributed by atoms with Crippen LogP contribution in [0.1, 0.15) is 26.6 Å². The summed E-state index contributed by atoms with van der Waals surface area (Å²) in [6.07, 6.45) is -0.688. The molecule has 0 spiro atoms. The standard InChI is InChI=1S/C16H23F3N6O/c1-5-14(16(17,18)19)7-6-13(4)25-15(21-22-23-25)10-24(12(2)3)9-8-20-11-26/h5-7,11-12H,4,8-10H2,1-3H3,(H,20,26)/b7-6-,14-5+. The van der Waals surface area contributed by atoms with E-state index in [9.17, 15) is 18.0 Å². The Balaban J connectivity index is 2.89. The number of nitrogens with one attached hydrogen (secondary N) is 1. The molecule has 0 radical (unpaired) electrons. The molecule has 1 rings (SSSR count). The minimum Gasteiger partial charge on any atom is -0.357 e. The second-order valence-electron chi connectivity index (χ2n) is 5.71. The van der Waals surface area contributed by atoms with E-state index in [2.05, 4.69) is 27.4 Å². The SMILES string of the molecule is C=C(/C=C\C(=C/C)C(F)(F)F)n1nnnc1CN(CCNC=O)C(C)C. The predicted octanol–water partition coefficient (Wildman–Crippen LogP) is 2.17. The van der Waals surface area contributed by atoms with Crippen molar-refractivity contribution >= 4 is 12.1 Å². The summed E-state index contributed by atoms with van der Waals surface area (Å²) in [5, 5.41) is 13.9. The summed E-state index contributed by atoms with van der Waals surface area (Å²) in [4.78, 5) is 12.4. The normalized spacial score (nSPS) is 13.0. The smallest absolute Gasteiger partial charge is 0.357 e. The Morgan fingerprint density at radius 1 is 1.38 bits per heavy atom. The van der Waals surface area contributed by atoms with Gasteiger partial charge in [-0.3, -0.25) is 9.69 Å². The summed E-state index contributed by atoms with van der Waals surface area (Å²) < 4.78 is 39.6. The number of alkyl halides is 3. The monoisotopic (exact) mass is 372 g/mol. The topological polar surface area (TPSA) is 75.9 Å². The lowest BCUT2D eigenvalue weighted by Crippen LogP contribution is -2.37. The minimum absolute atomic E-state index is 0.150. The van der Waals surface area contributed by atoms with Gasteiger partial charge in [0.1, 0.15) is 0 Å². The lowest BCUT2D eigenvalue weighted by atomic mass is 10.2. The first-order valence-corrected chi connectivity index (χ1v) is 7.99. The summed E-state index contributed by atoms with van der Waals surface area (Å²) in [7, 11) is 0. The number of hydrogen-bond donors (Lipinski definition) is 1. The minimum atomic E-state index is -4.44. The van der Waals surface area contributed by atoms with Gasteiger partial charge in [-0.05, 0) is 43.4 Å². The molecule has 1 amide bonds. The van der Waals surface area contributed by atoms with Crippen LogP contribution in [0.5, 0.6) is 0 Å². The fourth-order valence-electron chi connectivity index (χ4n) is 2.11. The van der Waals surface area contributed by atoms with Crippen molar-refractivity contribution in [2.75, 3.05) is 13.1 Å². The number of carbonyl (C=O) groups excluding carboxylic acids is 1. The third kappa shape index (κ3) is 6.43. The number of tetrazole rings is 1. The highest BCUT2D eigenvalue weighted by atomic mass is 19.4. The van der Waals surface area contributed by atoms with Gasteiger partial charge in [-0.1, -0.05) is 12.7 Å². The Hall–Kier alpha value is -2.49. The molecule has 1 N–H and O–H groups in total. The van der Waals surface area contributed by atoms with Crippen molar-refractivity contribution in [1.82, 2.24) is 30.4 Å². The Kier molecular flexibility index (Phi) is 8.17. The van der Waals surface area contributed by atoms with Gasteiger partial charge in [0.2, 0.25) is 6.41 Å². The van der Waals surface area contributed by atoms with Gasteiger partial charge in [0.25, 0.3) is 0 Å². The van der Waals surface area contributed by atoms with Crippen molar-refractivity contribution < 1.29 is 18.0 Å². The van der Waals surface area contributed by atoms with Crippen LogP contribution in [0, 0.1) is 0 Å². The molecule has 0 fully saturated rings. The zero-order valence-electron chi connectivity index (χ0n) is 15.0. The first-order chi connectivity index (χ1) is 12.2. The fourth-order valence-corrected chi connectivity index (χ4v) is 2.11. The molecule has 144 valence electrons. The van der Waals surface area contributed by atoms with Crippen molar-refractivity contribution in [2.45, 2.75) is 39.5 Å². The lowest BCUT2D eigenvalue weighted by molar-refractivity contribution is -0.109. The van der Waals surface area contributed by atoms with Crippen LogP contribution in [0.25, 0.3) is 5.70 Å². The van der Waals surface area contributed by atoms with Crippen LogP contribution in [0.2, 0.25) is 0 Å². The van der Waals surface area contributed by atoms with Gasteiger partial charge in [-0.15, -0.1) is 5.10 Å². The molecule has 26 heavy (non-hydrogen) atoms. The van der Waals surface area contributed by atoms with Crippen LogP contribution >= 0.6 is 0 Å². The van der Waals surface area contributed by atoms with Gasteiger partial charge < -0.3 is 5.32 Å². The van der Waals surface area contributed by atoms with Crippen molar-refractivity contribution in [3.63, 3.8) is 0 Å². The maximum atomic E-state index is 12.8. The molecular weight excluding hydrogens is 349 g/mol. The Morgan fingerprint density at radius 3 is 2.62 bits per heavy atom. The first-order valence-electron chi connectivity index (χ1n) is 7.99. The van der Waals surface area contributed by atoms with Crippen molar-refractivity contribution in [3.05, 3.63) is 36.2 Å². The van der Waals surface area contributed by atoms with E-state index in [4.69, 9.17) is 0 Å². The van der Waals surface area contributed by atoms with Crippen molar-refractivity contribution in [1.29, 1.82) is 0 Å². The zero-order chi connectivity index (χ0) is 19.7. The molecule has 0 aromatic carbocycles. The second-order valence-corrected chi connectivity index (χ2v) is 5.71. The Labute approximate surface area is 150 Å². The molecule has 10 heteroatoms. The third-order valence-corrected chi connectivity index (χ3v) is 3.60. The quantitative estimate of drug-likeness (QED) is 0.387. The van der Waals surface area contributed by atoms with E-state index < -0.39 is 11.7 Å². The van der Waals surface area contributed by atoms with Gasteiger partial charge in [0.05, 0.1) is 17.8 Å². The number of amides is 1. The highest BCUT2D eigenvalue weighted by molar-refractivity contribution is 5.55. The van der Waals surface area contributed by atoms with Crippen LogP contribution in [-0.4, -0.2) is 56.8 Å². The van der Waals surface area contributed by atoms with Gasteiger partial charge in [0, 0.05) is 19.1 Å². The number of aromatic nitrogens is 4. The van der Waals surface area contributed by atoms with Gasteiger partial charge in [0.15, 0.2) is 5.82 Å². The zero-order valence-corrected chi connectivity index (χ0v) is 15.0. The Morgan fingerprint density at radius 2 is 2.08 bits per heavy atom. The maximum Gasteiger partial charge on any atom is 0.416 e. The molecular formula is C16H23F3N6O. The summed E-state index contributed by atoms with van der Waals surface area (Å²) in [6.45, 7) is 10.4. The van der Waals surface area contributed by atoms with Crippen LogP contribution in [0.15, 0.2) is 30.4 Å². The van der Waals surface area contributed by atoms with Gasteiger partial charge in [-0.25, -0.2) is 0 Å². The fraction of sp³-hybridized carbons (Fsp3) is 0.500. The first kappa shape index (κ1) is 21.6. The summed E-state index contributed by atoms with van der Waals surface area (Å²) in [5.41, 5.74) is -0.569. The molecule has 0 unspecified atom stereocenters. The predicted molar refractivity (Wildman–Crippen MR) is 91.7 cm³/mol. The highest BCUT2D eigenvalue weighted by Gasteiger charge is 2.30. The van der Waals surface area contributed by atoms with Gasteiger partial charge in [-0.2, -0.15) is 17.9 Å². The molecule has 0 bridgehead atoms. The summed E-state index contributed by atoms with van der Waals surface area (Å²) in [5.74, 6) is 0.438. The lowest BCUT2D eigenvalue weighted by Gasteiger charge is -2.25. The van der Waals surface area contributed by atoms with E-state index in [0.29, 0.717) is 31.9 Å². The number of halogens is 3. The number of allylic oxidation sites excluding steroid dienone is 5. The number of nitrogens with zero attached hydrogens (tertiary/aromatic N) is 5. The average Bonchev–Trinajstić information content (AvgIpc) is 3.01. The van der Waals surface area contributed by atoms with Crippen molar-refractivity contribution in [2.24, 2.45) is 0 Å². The van der Waals surface area contributed by atoms with Gasteiger partial charge >= 0.3 is 6.18 Å². The van der Waals surface area contributed by atoms with E-state index in [-0.39, 0.29) is 11.7 Å². The molecule has 7 nitrogen and oxygen atoms in total. The van der Waals surface area contributed by atoms with E-state index in [0.717, 1.165) is 12.2 Å². The molecule has 0 saturated heterocycles. The number of rotatable bonds is 10. The molecule has 0 atom stereocenters. The summed E-state index contributed by atoms with van der Waals surface area (Å²) >= 11 is 0. The number of hydrogen-bond acceptors (Lipinski definition) is 5. The highest BCUT2D eigenvalue weighted by Crippen LogP contribution is 2.26. The second kappa shape index (κ2) is 9.85. The number of carbonyl (C=O) groups is 1. The maximum absolute atomic E-state index is 12.8. The molecule has 1 aromatic rings. The molecule has 1 heterocycles. The third-order valence-electron chi connectivity index (χ3n) is 3.60. The van der Waals surface area contributed by atoms with Crippen LogP contribution in [0.4, 0.5) is 13.2 Å². The average molecular weight is 372 g/mol. The molecule has 0 aliphatic rings. The van der Waals surface area contributed by atoms with E-state index in [1.807, 2.05) is 18.7 Å². The van der Waals surface area contributed by atoms with Crippen molar-refractivity contribution in [3.8, 4) is 0 Å². The van der Waals surface area contributed by atoms with E-state index in [1.54, 1.807) is 0 Å². The molecule has 1 aromatic heterocycles. The van der Waals surface area contributed by atoms with Crippen LogP contribution in [-0.2, 0) is 11.3 Å². The largest absolute Gasteiger partial charge is 0.416 e. The molecule has 0 aliphatic heterocycles. The van der Waals surface area contributed by atoms with E-state index in [1.165, 1.54) is 17.7 Å². The summed E-state index contributed by atoms with van der Waals surface area (Å²) in [6, 6.07) is 0.150. The Bertz CT molecular complexity index is 663. The van der Waals surface area contributed by atoms with Crippen LogP contribution in [0.3, 0.4) is 0 Å². The van der Waals surface area contributed by atoms with E-state index >= 15 is 0 Å².